The molecule has 0 amide bonds. The number of thioether (sulfide) groups is 1. The molecular weight excluding hydrogens is 175 g/mol. The summed E-state index contributed by atoms with van der Waals surface area (Å²) in [6.45, 7) is 0.553. The molecule has 1 heterocycles. The Balaban J connectivity index is 2.55. The molecule has 0 N–H and O–H groups in total. The van der Waals surface area contributed by atoms with E-state index < -0.39 is 11.6 Å². The van der Waals surface area contributed by atoms with Gasteiger partial charge in [-0.05, 0) is 25.8 Å². The van der Waals surface area contributed by atoms with E-state index >= 15 is 0 Å². The summed E-state index contributed by atoms with van der Waals surface area (Å²) >= 11 is 0.979. The van der Waals surface area contributed by atoms with Crippen LogP contribution in [0.5, 0.6) is 0 Å². The van der Waals surface area contributed by atoms with E-state index in [4.69, 9.17) is 0 Å². The van der Waals surface area contributed by atoms with Crippen LogP contribution in [0.4, 0.5) is 13.2 Å². The lowest BCUT2D eigenvalue weighted by Crippen LogP contribution is -2.44. The maximum atomic E-state index is 12.1. The SMILES string of the molecule is CN1CCCSC1C(F)(F)F. The number of hydrogen-bond donors (Lipinski definition) is 0. The molecule has 1 aliphatic heterocycles. The fourth-order valence-corrected chi connectivity index (χ4v) is 2.17. The summed E-state index contributed by atoms with van der Waals surface area (Å²) in [5, 5.41) is -1.28. The summed E-state index contributed by atoms with van der Waals surface area (Å²) < 4.78 is 36.4. The monoisotopic (exact) mass is 185 g/mol. The van der Waals surface area contributed by atoms with Crippen molar-refractivity contribution in [2.24, 2.45) is 0 Å². The highest BCUT2D eigenvalue weighted by Crippen LogP contribution is 2.35. The predicted octanol–water partition coefficient (Wildman–Crippen LogP) is 1.94. The van der Waals surface area contributed by atoms with Gasteiger partial charge in [-0.15, -0.1) is 11.8 Å². The molecule has 0 bridgehead atoms. The fraction of sp³-hybridized carbons (Fsp3) is 1.00. The zero-order valence-electron chi connectivity index (χ0n) is 6.19. The van der Waals surface area contributed by atoms with Gasteiger partial charge in [-0.2, -0.15) is 13.2 Å². The maximum absolute atomic E-state index is 12.1. The molecule has 0 spiro atoms. The lowest BCUT2D eigenvalue weighted by molar-refractivity contribution is -0.155. The molecule has 0 radical (unpaired) electrons. The molecule has 5 heteroatoms. The minimum Gasteiger partial charge on any atom is -0.287 e. The Bertz CT molecular complexity index is 136. The van der Waals surface area contributed by atoms with Crippen LogP contribution in [0.2, 0.25) is 0 Å². The standard InChI is InChI=1S/C6H10F3NS/c1-10-3-2-4-11-5(10)6(7,8)9/h5H,2-4H2,1H3. The van der Waals surface area contributed by atoms with Crippen molar-refractivity contribution in [2.45, 2.75) is 18.0 Å². The van der Waals surface area contributed by atoms with E-state index in [9.17, 15) is 13.2 Å². The van der Waals surface area contributed by atoms with Crippen molar-refractivity contribution < 1.29 is 13.2 Å². The van der Waals surface area contributed by atoms with Crippen LogP contribution in [-0.2, 0) is 0 Å². The molecule has 66 valence electrons. The van der Waals surface area contributed by atoms with E-state index in [0.29, 0.717) is 12.3 Å². The van der Waals surface area contributed by atoms with Crippen molar-refractivity contribution >= 4 is 11.8 Å². The molecule has 0 aromatic carbocycles. The number of rotatable bonds is 0. The Morgan fingerprint density at radius 1 is 1.45 bits per heavy atom. The summed E-state index contributed by atoms with van der Waals surface area (Å²) in [6, 6.07) is 0. The molecule has 0 aliphatic carbocycles. The van der Waals surface area contributed by atoms with Gasteiger partial charge in [0, 0.05) is 0 Å². The molecule has 1 rings (SSSR count). The third-order valence-corrected chi connectivity index (χ3v) is 3.08. The van der Waals surface area contributed by atoms with Crippen molar-refractivity contribution in [3.63, 3.8) is 0 Å². The molecule has 1 atom stereocenters. The largest absolute Gasteiger partial charge is 0.413 e. The van der Waals surface area contributed by atoms with E-state index in [1.54, 1.807) is 0 Å². The van der Waals surface area contributed by atoms with Crippen LogP contribution >= 0.6 is 11.8 Å². The van der Waals surface area contributed by atoms with Crippen LogP contribution in [0.3, 0.4) is 0 Å². The van der Waals surface area contributed by atoms with Crippen LogP contribution in [0.25, 0.3) is 0 Å². The molecule has 0 aromatic rings. The molecule has 1 fully saturated rings. The Labute approximate surface area is 67.9 Å². The Morgan fingerprint density at radius 3 is 2.45 bits per heavy atom. The van der Waals surface area contributed by atoms with Crippen LogP contribution in [0.15, 0.2) is 0 Å². The second kappa shape index (κ2) is 3.23. The van der Waals surface area contributed by atoms with E-state index in [1.165, 1.54) is 11.9 Å². The highest BCUT2D eigenvalue weighted by molar-refractivity contribution is 7.99. The molecule has 0 saturated carbocycles. The van der Waals surface area contributed by atoms with E-state index in [1.807, 2.05) is 0 Å². The third-order valence-electron chi connectivity index (χ3n) is 1.61. The lowest BCUT2D eigenvalue weighted by atomic mass is 10.4. The van der Waals surface area contributed by atoms with Gasteiger partial charge >= 0.3 is 6.18 Å². The normalized spacial score (nSPS) is 28.9. The zero-order chi connectivity index (χ0) is 8.48. The molecule has 1 saturated heterocycles. The molecular formula is C6H10F3NS. The van der Waals surface area contributed by atoms with Crippen molar-refractivity contribution in [2.75, 3.05) is 19.3 Å². The van der Waals surface area contributed by atoms with Crippen molar-refractivity contribution in [3.8, 4) is 0 Å². The first-order valence-electron chi connectivity index (χ1n) is 3.40. The first-order valence-corrected chi connectivity index (χ1v) is 4.45. The van der Waals surface area contributed by atoms with Crippen molar-refractivity contribution in [1.29, 1.82) is 0 Å². The first kappa shape index (κ1) is 9.19. The minimum atomic E-state index is -4.07. The highest BCUT2D eigenvalue weighted by atomic mass is 32.2. The zero-order valence-corrected chi connectivity index (χ0v) is 7.00. The number of halogens is 3. The summed E-state index contributed by atoms with van der Waals surface area (Å²) in [7, 11) is 1.52. The number of nitrogens with zero attached hydrogens (tertiary/aromatic N) is 1. The fourth-order valence-electron chi connectivity index (χ4n) is 1.10. The smallest absolute Gasteiger partial charge is 0.287 e. The summed E-state index contributed by atoms with van der Waals surface area (Å²) in [5.41, 5.74) is 0. The van der Waals surface area contributed by atoms with Gasteiger partial charge in [0.25, 0.3) is 0 Å². The van der Waals surface area contributed by atoms with Gasteiger partial charge in [0.15, 0.2) is 5.37 Å². The topological polar surface area (TPSA) is 3.24 Å². The molecule has 1 aliphatic rings. The second-order valence-electron chi connectivity index (χ2n) is 2.60. The molecule has 0 aromatic heterocycles. The van der Waals surface area contributed by atoms with Gasteiger partial charge in [0.1, 0.15) is 0 Å². The molecule has 1 nitrogen and oxygen atoms in total. The van der Waals surface area contributed by atoms with E-state index in [-0.39, 0.29) is 0 Å². The first-order chi connectivity index (χ1) is 5.02. The van der Waals surface area contributed by atoms with Gasteiger partial charge in [-0.25, -0.2) is 0 Å². The average molecular weight is 185 g/mol. The Kier molecular flexibility index (Phi) is 2.70. The lowest BCUT2D eigenvalue weighted by Gasteiger charge is -2.32. The van der Waals surface area contributed by atoms with Gasteiger partial charge in [0.2, 0.25) is 0 Å². The quantitative estimate of drug-likeness (QED) is 0.567. The summed E-state index contributed by atoms with van der Waals surface area (Å²) in [4.78, 5) is 1.36. The van der Waals surface area contributed by atoms with Crippen LogP contribution < -0.4 is 0 Å². The average Bonchev–Trinajstić information content (AvgIpc) is 1.86. The van der Waals surface area contributed by atoms with Gasteiger partial charge < -0.3 is 0 Å². The Hall–Kier alpha value is 0.100. The van der Waals surface area contributed by atoms with E-state index in [2.05, 4.69) is 0 Å². The molecule has 11 heavy (non-hydrogen) atoms. The second-order valence-corrected chi connectivity index (χ2v) is 3.79. The van der Waals surface area contributed by atoms with Gasteiger partial charge in [0.05, 0.1) is 0 Å². The summed E-state index contributed by atoms with van der Waals surface area (Å²) in [5.74, 6) is 0.620. The third kappa shape index (κ3) is 2.27. The minimum absolute atomic E-state index is 0.553. The van der Waals surface area contributed by atoms with Crippen molar-refractivity contribution in [3.05, 3.63) is 0 Å². The number of alkyl halides is 3. The van der Waals surface area contributed by atoms with Crippen LogP contribution in [-0.4, -0.2) is 35.8 Å². The number of hydrogen-bond acceptors (Lipinski definition) is 2. The van der Waals surface area contributed by atoms with E-state index in [0.717, 1.165) is 18.2 Å². The Morgan fingerprint density at radius 2 is 2.09 bits per heavy atom. The predicted molar refractivity (Wildman–Crippen MR) is 39.5 cm³/mol. The highest BCUT2D eigenvalue weighted by Gasteiger charge is 2.43. The van der Waals surface area contributed by atoms with Gasteiger partial charge in [-0.3, -0.25) is 4.90 Å². The van der Waals surface area contributed by atoms with Crippen LogP contribution in [0, 0.1) is 0 Å². The van der Waals surface area contributed by atoms with Crippen molar-refractivity contribution in [1.82, 2.24) is 4.90 Å². The maximum Gasteiger partial charge on any atom is 0.413 e. The van der Waals surface area contributed by atoms with Crippen LogP contribution in [0.1, 0.15) is 6.42 Å². The van der Waals surface area contributed by atoms with Gasteiger partial charge in [-0.1, -0.05) is 0 Å². The molecule has 1 unspecified atom stereocenters. The summed E-state index contributed by atoms with van der Waals surface area (Å²) in [6.07, 6.45) is -3.21.